The van der Waals surface area contributed by atoms with Crippen molar-refractivity contribution in [3.05, 3.63) is 22.5 Å². The summed E-state index contributed by atoms with van der Waals surface area (Å²) in [5, 5.41) is 0.397. The number of hydrogen-bond donors (Lipinski definition) is 1. The number of aryl methyl sites for hydroxylation is 1. The molecule has 0 amide bonds. The molecule has 1 aromatic heterocycles. The summed E-state index contributed by atoms with van der Waals surface area (Å²) in [6.45, 7) is 6.22. The van der Waals surface area contributed by atoms with Crippen LogP contribution in [0.1, 0.15) is 25.1 Å². The lowest BCUT2D eigenvalue weighted by atomic mass is 10.2. The Labute approximate surface area is 89.2 Å². The Hall–Kier alpha value is -0.800. The molecule has 0 spiro atoms. The van der Waals surface area contributed by atoms with Crippen molar-refractivity contribution in [3.63, 3.8) is 0 Å². The molecule has 78 valence electrons. The van der Waals surface area contributed by atoms with Gasteiger partial charge in [0, 0.05) is 12.2 Å². The van der Waals surface area contributed by atoms with Crippen molar-refractivity contribution >= 4 is 11.6 Å². The third-order valence-electron chi connectivity index (χ3n) is 1.82. The van der Waals surface area contributed by atoms with Gasteiger partial charge in [0.15, 0.2) is 10.9 Å². The standard InChI is InChI=1S/C10H15ClN2O/c1-6(2)14-9-4-8(5-12)7(3)13-10(9)11/h4,6H,5,12H2,1-3H3. The van der Waals surface area contributed by atoms with E-state index in [1.807, 2.05) is 26.8 Å². The molecule has 0 fully saturated rings. The lowest BCUT2D eigenvalue weighted by Gasteiger charge is -2.13. The minimum Gasteiger partial charge on any atom is -0.488 e. The largest absolute Gasteiger partial charge is 0.488 e. The van der Waals surface area contributed by atoms with E-state index in [-0.39, 0.29) is 6.10 Å². The Morgan fingerprint density at radius 2 is 2.21 bits per heavy atom. The van der Waals surface area contributed by atoms with Crippen LogP contribution in [-0.4, -0.2) is 11.1 Å². The first kappa shape index (κ1) is 11.3. The highest BCUT2D eigenvalue weighted by atomic mass is 35.5. The Balaban J connectivity index is 3.04. The second kappa shape index (κ2) is 4.62. The van der Waals surface area contributed by atoms with Gasteiger partial charge in [0.2, 0.25) is 0 Å². The number of nitrogens with two attached hydrogens (primary N) is 1. The zero-order valence-electron chi connectivity index (χ0n) is 8.67. The highest BCUT2D eigenvalue weighted by molar-refractivity contribution is 6.30. The summed E-state index contributed by atoms with van der Waals surface area (Å²) in [5.41, 5.74) is 7.38. The maximum Gasteiger partial charge on any atom is 0.171 e. The third-order valence-corrected chi connectivity index (χ3v) is 2.09. The van der Waals surface area contributed by atoms with Gasteiger partial charge in [-0.15, -0.1) is 0 Å². The van der Waals surface area contributed by atoms with Crippen LogP contribution in [0.2, 0.25) is 5.15 Å². The van der Waals surface area contributed by atoms with E-state index in [2.05, 4.69) is 4.98 Å². The van der Waals surface area contributed by atoms with Gasteiger partial charge in [-0.3, -0.25) is 0 Å². The molecule has 1 aromatic rings. The number of hydrogen-bond acceptors (Lipinski definition) is 3. The van der Waals surface area contributed by atoms with Crippen molar-refractivity contribution in [3.8, 4) is 5.75 Å². The molecule has 0 aromatic carbocycles. The zero-order valence-corrected chi connectivity index (χ0v) is 9.43. The average Bonchev–Trinajstić information content (AvgIpc) is 2.09. The normalized spacial score (nSPS) is 10.7. The molecule has 3 nitrogen and oxygen atoms in total. The van der Waals surface area contributed by atoms with Crippen molar-refractivity contribution < 1.29 is 4.74 Å². The monoisotopic (exact) mass is 214 g/mol. The Bertz CT molecular complexity index is 326. The first-order chi connectivity index (χ1) is 6.54. The third kappa shape index (κ3) is 2.59. The molecule has 14 heavy (non-hydrogen) atoms. The molecular formula is C10H15ClN2O. The minimum atomic E-state index is 0.0858. The summed E-state index contributed by atoms with van der Waals surface area (Å²) in [6.07, 6.45) is 0.0858. The van der Waals surface area contributed by atoms with E-state index < -0.39 is 0 Å². The maximum atomic E-state index is 5.93. The molecular weight excluding hydrogens is 200 g/mol. The number of aromatic nitrogens is 1. The Morgan fingerprint density at radius 1 is 1.57 bits per heavy atom. The molecule has 1 heterocycles. The molecule has 0 bridgehead atoms. The summed E-state index contributed by atoms with van der Waals surface area (Å²) in [4.78, 5) is 4.16. The first-order valence-corrected chi connectivity index (χ1v) is 4.95. The molecule has 0 aliphatic carbocycles. The number of pyridine rings is 1. The summed E-state index contributed by atoms with van der Waals surface area (Å²) in [5.74, 6) is 0.604. The maximum absolute atomic E-state index is 5.93. The second-order valence-corrected chi connectivity index (χ2v) is 3.75. The van der Waals surface area contributed by atoms with Gasteiger partial charge in [0.25, 0.3) is 0 Å². The predicted molar refractivity (Wildman–Crippen MR) is 57.6 cm³/mol. The smallest absolute Gasteiger partial charge is 0.171 e. The van der Waals surface area contributed by atoms with E-state index in [0.717, 1.165) is 11.3 Å². The molecule has 0 aliphatic rings. The number of ether oxygens (including phenoxy) is 1. The molecule has 2 N–H and O–H groups in total. The van der Waals surface area contributed by atoms with Gasteiger partial charge in [-0.25, -0.2) is 4.98 Å². The van der Waals surface area contributed by atoms with Crippen molar-refractivity contribution in [1.82, 2.24) is 4.98 Å². The van der Waals surface area contributed by atoms with Crippen LogP contribution in [0.4, 0.5) is 0 Å². The molecule has 0 saturated carbocycles. The zero-order chi connectivity index (χ0) is 10.7. The highest BCUT2D eigenvalue weighted by Crippen LogP contribution is 2.25. The quantitative estimate of drug-likeness (QED) is 0.786. The topological polar surface area (TPSA) is 48.1 Å². The summed E-state index contributed by atoms with van der Waals surface area (Å²) >= 11 is 5.93. The van der Waals surface area contributed by atoms with Crippen molar-refractivity contribution in [1.29, 1.82) is 0 Å². The summed E-state index contributed by atoms with van der Waals surface area (Å²) < 4.78 is 5.49. The van der Waals surface area contributed by atoms with Crippen molar-refractivity contribution in [2.45, 2.75) is 33.4 Å². The van der Waals surface area contributed by atoms with Gasteiger partial charge in [-0.05, 0) is 32.4 Å². The van der Waals surface area contributed by atoms with Gasteiger partial charge in [-0.2, -0.15) is 0 Å². The van der Waals surface area contributed by atoms with E-state index in [4.69, 9.17) is 22.1 Å². The summed E-state index contributed by atoms with van der Waals surface area (Å²) in [7, 11) is 0. The predicted octanol–water partition coefficient (Wildman–Crippen LogP) is 2.29. The van der Waals surface area contributed by atoms with E-state index in [9.17, 15) is 0 Å². The van der Waals surface area contributed by atoms with Gasteiger partial charge in [0.1, 0.15) is 0 Å². The van der Waals surface area contributed by atoms with Crippen LogP contribution in [0.15, 0.2) is 6.07 Å². The fourth-order valence-electron chi connectivity index (χ4n) is 1.14. The summed E-state index contributed by atoms with van der Waals surface area (Å²) in [6, 6.07) is 1.85. The van der Waals surface area contributed by atoms with Crippen LogP contribution in [0.5, 0.6) is 5.75 Å². The Morgan fingerprint density at radius 3 is 2.71 bits per heavy atom. The lowest BCUT2D eigenvalue weighted by molar-refractivity contribution is 0.241. The van der Waals surface area contributed by atoms with Gasteiger partial charge >= 0.3 is 0 Å². The SMILES string of the molecule is Cc1nc(Cl)c(OC(C)C)cc1CN. The second-order valence-electron chi connectivity index (χ2n) is 3.39. The van der Waals surface area contributed by atoms with Crippen LogP contribution in [-0.2, 0) is 6.54 Å². The molecule has 0 saturated heterocycles. The van der Waals surface area contributed by atoms with Gasteiger partial charge < -0.3 is 10.5 Å². The molecule has 1 rings (SSSR count). The fourth-order valence-corrected chi connectivity index (χ4v) is 1.37. The van der Waals surface area contributed by atoms with Crippen LogP contribution in [0.25, 0.3) is 0 Å². The minimum absolute atomic E-state index is 0.0858. The lowest BCUT2D eigenvalue weighted by Crippen LogP contribution is -2.09. The van der Waals surface area contributed by atoms with E-state index >= 15 is 0 Å². The van der Waals surface area contributed by atoms with Gasteiger partial charge in [-0.1, -0.05) is 11.6 Å². The molecule has 0 aliphatic heterocycles. The number of rotatable bonds is 3. The van der Waals surface area contributed by atoms with Crippen molar-refractivity contribution in [2.75, 3.05) is 0 Å². The Kier molecular flexibility index (Phi) is 3.72. The molecule has 4 heteroatoms. The van der Waals surface area contributed by atoms with Crippen LogP contribution in [0.3, 0.4) is 0 Å². The van der Waals surface area contributed by atoms with E-state index in [0.29, 0.717) is 17.4 Å². The van der Waals surface area contributed by atoms with Crippen LogP contribution < -0.4 is 10.5 Å². The average molecular weight is 215 g/mol. The van der Waals surface area contributed by atoms with Crippen molar-refractivity contribution in [2.24, 2.45) is 5.73 Å². The first-order valence-electron chi connectivity index (χ1n) is 4.57. The van der Waals surface area contributed by atoms with E-state index in [1.165, 1.54) is 0 Å². The van der Waals surface area contributed by atoms with Crippen LogP contribution in [0, 0.1) is 6.92 Å². The van der Waals surface area contributed by atoms with Crippen LogP contribution >= 0.6 is 11.6 Å². The number of nitrogens with zero attached hydrogens (tertiary/aromatic N) is 1. The van der Waals surface area contributed by atoms with Gasteiger partial charge in [0.05, 0.1) is 6.10 Å². The molecule has 0 atom stereocenters. The highest BCUT2D eigenvalue weighted by Gasteiger charge is 2.08. The number of halogens is 1. The molecule has 0 unspecified atom stereocenters. The van der Waals surface area contributed by atoms with E-state index in [1.54, 1.807) is 0 Å². The molecule has 0 radical (unpaired) electrons. The fraction of sp³-hybridized carbons (Fsp3) is 0.500.